The van der Waals surface area contributed by atoms with Gasteiger partial charge in [-0.05, 0) is 50.6 Å². The van der Waals surface area contributed by atoms with Gasteiger partial charge < -0.3 is 15.2 Å². The molecule has 1 atom stereocenters. The average molecular weight is 223 g/mol. The lowest BCUT2D eigenvalue weighted by Gasteiger charge is -2.14. The second kappa shape index (κ2) is 6.51. The standard InChI is InChI=1S/C13H21NO2/c1-10-6-11(2)8-13(7-10)16-5-4-12(9-15)14-3/h6-8,12,14-15H,4-5,9H2,1-3H3. The summed E-state index contributed by atoms with van der Waals surface area (Å²) in [6.07, 6.45) is 0.806. The zero-order valence-electron chi connectivity index (χ0n) is 10.3. The summed E-state index contributed by atoms with van der Waals surface area (Å²) in [5.41, 5.74) is 2.42. The fraction of sp³-hybridized carbons (Fsp3) is 0.538. The molecule has 16 heavy (non-hydrogen) atoms. The second-order valence-corrected chi connectivity index (χ2v) is 4.13. The lowest BCUT2D eigenvalue weighted by Crippen LogP contribution is -2.30. The summed E-state index contributed by atoms with van der Waals surface area (Å²) in [5, 5.41) is 12.0. The highest BCUT2D eigenvalue weighted by Gasteiger charge is 2.04. The number of aryl methyl sites for hydroxylation is 2. The zero-order chi connectivity index (χ0) is 12.0. The van der Waals surface area contributed by atoms with E-state index in [0.717, 1.165) is 12.2 Å². The van der Waals surface area contributed by atoms with E-state index in [2.05, 4.69) is 25.2 Å². The number of ether oxygens (including phenoxy) is 1. The number of hydrogen-bond donors (Lipinski definition) is 2. The van der Waals surface area contributed by atoms with Crippen molar-refractivity contribution < 1.29 is 9.84 Å². The minimum absolute atomic E-state index is 0.117. The van der Waals surface area contributed by atoms with E-state index in [1.54, 1.807) is 0 Å². The Labute approximate surface area is 97.4 Å². The maximum absolute atomic E-state index is 8.99. The lowest BCUT2D eigenvalue weighted by molar-refractivity contribution is 0.214. The molecule has 0 bridgehead atoms. The van der Waals surface area contributed by atoms with E-state index in [9.17, 15) is 0 Å². The first-order valence-electron chi connectivity index (χ1n) is 5.65. The summed E-state index contributed by atoms with van der Waals surface area (Å²) >= 11 is 0. The Morgan fingerprint density at radius 1 is 1.25 bits per heavy atom. The fourth-order valence-corrected chi connectivity index (χ4v) is 1.66. The van der Waals surface area contributed by atoms with Gasteiger partial charge in [-0.15, -0.1) is 0 Å². The van der Waals surface area contributed by atoms with Crippen molar-refractivity contribution in [2.45, 2.75) is 26.3 Å². The van der Waals surface area contributed by atoms with Gasteiger partial charge in [0.1, 0.15) is 5.75 Å². The van der Waals surface area contributed by atoms with Gasteiger partial charge in [-0.25, -0.2) is 0 Å². The van der Waals surface area contributed by atoms with Crippen molar-refractivity contribution in [3.63, 3.8) is 0 Å². The Morgan fingerprint density at radius 2 is 1.88 bits per heavy atom. The Balaban J connectivity index is 2.42. The summed E-state index contributed by atoms with van der Waals surface area (Å²) in [6.45, 7) is 4.88. The molecule has 1 aromatic rings. The maximum Gasteiger partial charge on any atom is 0.119 e. The molecule has 0 radical (unpaired) electrons. The van der Waals surface area contributed by atoms with Crippen LogP contribution >= 0.6 is 0 Å². The van der Waals surface area contributed by atoms with E-state index in [0.29, 0.717) is 6.61 Å². The van der Waals surface area contributed by atoms with Crippen molar-refractivity contribution in [3.05, 3.63) is 29.3 Å². The summed E-state index contributed by atoms with van der Waals surface area (Å²) in [5.74, 6) is 0.908. The molecular formula is C13H21NO2. The fourth-order valence-electron chi connectivity index (χ4n) is 1.66. The van der Waals surface area contributed by atoms with Gasteiger partial charge >= 0.3 is 0 Å². The van der Waals surface area contributed by atoms with Crippen LogP contribution in [0.1, 0.15) is 17.5 Å². The number of hydrogen-bond acceptors (Lipinski definition) is 3. The molecule has 0 aliphatic heterocycles. The third-order valence-electron chi connectivity index (χ3n) is 2.56. The molecular weight excluding hydrogens is 202 g/mol. The van der Waals surface area contributed by atoms with E-state index < -0.39 is 0 Å². The number of aliphatic hydroxyl groups excluding tert-OH is 1. The van der Waals surface area contributed by atoms with Crippen molar-refractivity contribution in [1.29, 1.82) is 0 Å². The summed E-state index contributed by atoms with van der Waals surface area (Å²) in [4.78, 5) is 0. The van der Waals surface area contributed by atoms with Crippen LogP contribution in [0.25, 0.3) is 0 Å². The molecule has 1 rings (SSSR count). The van der Waals surface area contributed by atoms with Crippen LogP contribution in [0.5, 0.6) is 5.75 Å². The van der Waals surface area contributed by atoms with Crippen molar-refractivity contribution in [2.75, 3.05) is 20.3 Å². The van der Waals surface area contributed by atoms with Gasteiger partial charge in [0.15, 0.2) is 0 Å². The average Bonchev–Trinajstić information content (AvgIpc) is 2.23. The normalized spacial score (nSPS) is 12.5. The van der Waals surface area contributed by atoms with Crippen LogP contribution in [-0.4, -0.2) is 31.4 Å². The molecule has 0 saturated heterocycles. The van der Waals surface area contributed by atoms with Gasteiger partial charge in [0.2, 0.25) is 0 Å². The minimum atomic E-state index is 0.117. The largest absolute Gasteiger partial charge is 0.494 e. The predicted octanol–water partition coefficient (Wildman–Crippen LogP) is 1.65. The van der Waals surface area contributed by atoms with Crippen LogP contribution in [0.4, 0.5) is 0 Å². The second-order valence-electron chi connectivity index (χ2n) is 4.13. The summed E-state index contributed by atoms with van der Waals surface area (Å²) in [7, 11) is 1.84. The first-order valence-corrected chi connectivity index (χ1v) is 5.65. The molecule has 0 aromatic heterocycles. The van der Waals surface area contributed by atoms with Gasteiger partial charge in [-0.1, -0.05) is 6.07 Å². The van der Waals surface area contributed by atoms with Crippen LogP contribution < -0.4 is 10.1 Å². The van der Waals surface area contributed by atoms with E-state index >= 15 is 0 Å². The number of likely N-dealkylation sites (N-methyl/N-ethyl adjacent to an activating group) is 1. The van der Waals surface area contributed by atoms with Crippen LogP contribution in [-0.2, 0) is 0 Å². The van der Waals surface area contributed by atoms with Gasteiger partial charge in [0.25, 0.3) is 0 Å². The Bertz CT molecular complexity index is 301. The van der Waals surface area contributed by atoms with E-state index in [4.69, 9.17) is 9.84 Å². The molecule has 90 valence electrons. The molecule has 3 nitrogen and oxygen atoms in total. The number of benzene rings is 1. The Morgan fingerprint density at radius 3 is 2.38 bits per heavy atom. The van der Waals surface area contributed by atoms with Crippen molar-refractivity contribution in [1.82, 2.24) is 5.32 Å². The Kier molecular flexibility index (Phi) is 5.29. The number of nitrogens with one attached hydrogen (secondary N) is 1. The third-order valence-corrected chi connectivity index (χ3v) is 2.56. The van der Waals surface area contributed by atoms with Crippen LogP contribution in [0.15, 0.2) is 18.2 Å². The van der Waals surface area contributed by atoms with Crippen molar-refractivity contribution in [3.8, 4) is 5.75 Å². The quantitative estimate of drug-likeness (QED) is 0.770. The highest BCUT2D eigenvalue weighted by atomic mass is 16.5. The smallest absolute Gasteiger partial charge is 0.119 e. The topological polar surface area (TPSA) is 41.5 Å². The van der Waals surface area contributed by atoms with Crippen LogP contribution in [0.3, 0.4) is 0 Å². The Hall–Kier alpha value is -1.06. The molecule has 1 aromatic carbocycles. The highest BCUT2D eigenvalue weighted by Crippen LogP contribution is 2.16. The zero-order valence-corrected chi connectivity index (χ0v) is 10.3. The molecule has 0 aliphatic rings. The molecule has 2 N–H and O–H groups in total. The number of aliphatic hydroxyl groups is 1. The third kappa shape index (κ3) is 4.21. The number of rotatable bonds is 6. The first kappa shape index (κ1) is 13.0. The van der Waals surface area contributed by atoms with E-state index in [1.165, 1.54) is 11.1 Å². The highest BCUT2D eigenvalue weighted by molar-refractivity contribution is 5.32. The van der Waals surface area contributed by atoms with E-state index in [-0.39, 0.29) is 12.6 Å². The lowest BCUT2D eigenvalue weighted by atomic mass is 10.1. The van der Waals surface area contributed by atoms with E-state index in [1.807, 2.05) is 19.2 Å². The monoisotopic (exact) mass is 223 g/mol. The molecule has 0 amide bonds. The molecule has 0 aliphatic carbocycles. The molecule has 0 fully saturated rings. The molecule has 0 heterocycles. The van der Waals surface area contributed by atoms with Gasteiger partial charge in [-0.3, -0.25) is 0 Å². The van der Waals surface area contributed by atoms with Crippen molar-refractivity contribution >= 4 is 0 Å². The first-order chi connectivity index (χ1) is 7.65. The summed E-state index contributed by atoms with van der Waals surface area (Å²) in [6, 6.07) is 6.29. The predicted molar refractivity (Wildman–Crippen MR) is 66.0 cm³/mol. The van der Waals surface area contributed by atoms with Gasteiger partial charge in [0, 0.05) is 6.04 Å². The molecule has 1 unspecified atom stereocenters. The minimum Gasteiger partial charge on any atom is -0.494 e. The van der Waals surface area contributed by atoms with Crippen LogP contribution in [0.2, 0.25) is 0 Å². The SMILES string of the molecule is CNC(CO)CCOc1cc(C)cc(C)c1. The van der Waals surface area contributed by atoms with Gasteiger partial charge in [-0.2, -0.15) is 0 Å². The summed E-state index contributed by atoms with van der Waals surface area (Å²) < 4.78 is 5.65. The molecule has 0 spiro atoms. The van der Waals surface area contributed by atoms with Gasteiger partial charge in [0.05, 0.1) is 13.2 Å². The maximum atomic E-state index is 8.99. The molecule has 0 saturated carbocycles. The van der Waals surface area contributed by atoms with Crippen molar-refractivity contribution in [2.24, 2.45) is 0 Å². The van der Waals surface area contributed by atoms with Crippen LogP contribution in [0, 0.1) is 13.8 Å². The molecule has 3 heteroatoms.